The monoisotopic (exact) mass is 374 g/mol. The zero-order valence-electron chi connectivity index (χ0n) is 17.3. The maximum Gasteiger partial charge on any atom is 0.131 e. The fraction of sp³-hybridized carbons (Fsp3) is 0.478. The minimum atomic E-state index is -0.272. The van der Waals surface area contributed by atoms with Crippen LogP contribution >= 0.6 is 0 Å². The van der Waals surface area contributed by atoms with Gasteiger partial charge >= 0.3 is 0 Å². The molecular formula is C23H31FO3. The molecule has 148 valence electrons. The van der Waals surface area contributed by atoms with Crippen molar-refractivity contribution >= 4 is 0 Å². The Morgan fingerprint density at radius 3 is 2.30 bits per heavy atom. The molecule has 3 nitrogen and oxygen atoms in total. The Labute approximate surface area is 162 Å². The summed E-state index contributed by atoms with van der Waals surface area (Å²) in [5.41, 5.74) is 3.38. The minimum absolute atomic E-state index is 0.163. The molecule has 0 aliphatic carbocycles. The highest BCUT2D eigenvalue weighted by Crippen LogP contribution is 2.42. The van der Waals surface area contributed by atoms with Gasteiger partial charge in [0.1, 0.15) is 11.6 Å². The van der Waals surface area contributed by atoms with E-state index in [1.807, 2.05) is 12.1 Å². The van der Waals surface area contributed by atoms with Crippen molar-refractivity contribution in [3.63, 3.8) is 0 Å². The van der Waals surface area contributed by atoms with E-state index in [2.05, 4.69) is 33.8 Å². The molecule has 0 bridgehead atoms. The molecule has 0 aliphatic rings. The summed E-state index contributed by atoms with van der Waals surface area (Å²) in [4.78, 5) is 0. The second kappa shape index (κ2) is 9.34. The van der Waals surface area contributed by atoms with Gasteiger partial charge in [0, 0.05) is 12.7 Å². The van der Waals surface area contributed by atoms with E-state index in [0.29, 0.717) is 24.5 Å². The minimum Gasteiger partial charge on any atom is -0.497 e. The highest BCUT2D eigenvalue weighted by Gasteiger charge is 2.30. The van der Waals surface area contributed by atoms with Crippen molar-refractivity contribution in [1.82, 2.24) is 0 Å². The van der Waals surface area contributed by atoms with Crippen LogP contribution in [0.2, 0.25) is 0 Å². The third-order valence-electron chi connectivity index (χ3n) is 4.63. The summed E-state index contributed by atoms with van der Waals surface area (Å²) in [7, 11) is 3.24. The van der Waals surface area contributed by atoms with Crippen LogP contribution < -0.4 is 4.74 Å². The number of methoxy groups -OCH3 is 2. The molecule has 0 spiro atoms. The average Bonchev–Trinajstić information content (AvgIpc) is 2.64. The van der Waals surface area contributed by atoms with Crippen molar-refractivity contribution in [2.75, 3.05) is 27.4 Å². The molecule has 0 saturated carbocycles. The molecule has 27 heavy (non-hydrogen) atoms. The molecule has 0 saturated heterocycles. The molecule has 1 atom stereocenters. The van der Waals surface area contributed by atoms with Gasteiger partial charge < -0.3 is 14.2 Å². The molecule has 1 unspecified atom stereocenters. The van der Waals surface area contributed by atoms with E-state index in [4.69, 9.17) is 14.2 Å². The number of hydrogen-bond acceptors (Lipinski definition) is 3. The number of hydrogen-bond donors (Lipinski definition) is 0. The Kier molecular flexibility index (Phi) is 7.40. The largest absolute Gasteiger partial charge is 0.497 e. The topological polar surface area (TPSA) is 27.7 Å². The van der Waals surface area contributed by atoms with Crippen molar-refractivity contribution in [2.45, 2.75) is 40.2 Å². The molecule has 2 aromatic carbocycles. The maximum absolute atomic E-state index is 14.7. The van der Waals surface area contributed by atoms with E-state index >= 15 is 0 Å². The zero-order chi connectivity index (χ0) is 20.0. The van der Waals surface area contributed by atoms with Gasteiger partial charge in [0.05, 0.1) is 26.4 Å². The lowest BCUT2D eigenvalue weighted by Gasteiger charge is -2.33. The van der Waals surface area contributed by atoms with E-state index in [-0.39, 0.29) is 17.3 Å². The molecule has 4 heteroatoms. The van der Waals surface area contributed by atoms with Gasteiger partial charge in [-0.25, -0.2) is 4.39 Å². The Bertz CT molecular complexity index is 750. The van der Waals surface area contributed by atoms with Gasteiger partial charge in [0.15, 0.2) is 0 Å². The zero-order valence-corrected chi connectivity index (χ0v) is 17.3. The van der Waals surface area contributed by atoms with Crippen molar-refractivity contribution in [3.05, 3.63) is 53.3 Å². The van der Waals surface area contributed by atoms with Gasteiger partial charge in [-0.15, -0.1) is 0 Å². The van der Waals surface area contributed by atoms with E-state index in [9.17, 15) is 4.39 Å². The number of aryl methyl sites for hydroxylation is 1. The SMILES string of the molecule is CCc1ccc(-c2cc(OC)ccc2F)c(C(OCCOC)C(C)(C)C)c1. The number of rotatable bonds is 8. The third-order valence-corrected chi connectivity index (χ3v) is 4.63. The summed E-state index contributed by atoms with van der Waals surface area (Å²) >= 11 is 0. The third kappa shape index (κ3) is 5.30. The smallest absolute Gasteiger partial charge is 0.131 e. The van der Waals surface area contributed by atoms with Gasteiger partial charge in [-0.2, -0.15) is 0 Å². The van der Waals surface area contributed by atoms with Gasteiger partial charge in [-0.05, 0) is 46.7 Å². The summed E-state index contributed by atoms with van der Waals surface area (Å²) in [6.07, 6.45) is 0.711. The Hall–Kier alpha value is -1.91. The van der Waals surface area contributed by atoms with Crippen LogP contribution in [0.15, 0.2) is 36.4 Å². The van der Waals surface area contributed by atoms with E-state index in [1.54, 1.807) is 26.4 Å². The number of benzene rings is 2. The Morgan fingerprint density at radius 1 is 0.963 bits per heavy atom. The molecule has 0 aromatic heterocycles. The average molecular weight is 374 g/mol. The first-order valence-corrected chi connectivity index (χ1v) is 9.39. The summed E-state index contributed by atoms with van der Waals surface area (Å²) in [5, 5.41) is 0. The van der Waals surface area contributed by atoms with Crippen LogP contribution in [0.25, 0.3) is 11.1 Å². The maximum atomic E-state index is 14.7. The van der Waals surface area contributed by atoms with Crippen LogP contribution in [0.4, 0.5) is 4.39 Å². The van der Waals surface area contributed by atoms with E-state index < -0.39 is 0 Å². The molecule has 0 heterocycles. The predicted octanol–water partition coefficient (Wildman–Crippen LogP) is 5.81. The normalized spacial score (nSPS) is 12.9. The van der Waals surface area contributed by atoms with Crippen LogP contribution in [-0.4, -0.2) is 27.4 Å². The molecule has 0 N–H and O–H groups in total. The number of halogens is 1. The molecule has 2 aromatic rings. The fourth-order valence-corrected chi connectivity index (χ4v) is 3.19. The Balaban J connectivity index is 2.62. The molecule has 0 radical (unpaired) electrons. The molecule has 0 fully saturated rings. The first kappa shape index (κ1) is 21.4. The summed E-state index contributed by atoms with van der Waals surface area (Å²) in [6.45, 7) is 9.51. The van der Waals surface area contributed by atoms with Crippen LogP contribution in [0, 0.1) is 11.2 Å². The van der Waals surface area contributed by atoms with Gasteiger partial charge in [0.2, 0.25) is 0 Å². The number of ether oxygens (including phenoxy) is 3. The van der Waals surface area contributed by atoms with Crippen molar-refractivity contribution < 1.29 is 18.6 Å². The molecule has 2 rings (SSSR count). The van der Waals surface area contributed by atoms with Crippen molar-refractivity contribution in [1.29, 1.82) is 0 Å². The quantitative estimate of drug-likeness (QED) is 0.545. The van der Waals surface area contributed by atoms with Crippen LogP contribution in [0.1, 0.15) is 44.9 Å². The van der Waals surface area contributed by atoms with E-state index in [1.165, 1.54) is 11.6 Å². The van der Waals surface area contributed by atoms with Gasteiger partial charge in [-0.1, -0.05) is 45.9 Å². The second-order valence-corrected chi connectivity index (χ2v) is 7.73. The lowest BCUT2D eigenvalue weighted by Crippen LogP contribution is -2.24. The highest BCUT2D eigenvalue weighted by molar-refractivity contribution is 5.70. The summed E-state index contributed by atoms with van der Waals surface area (Å²) in [5.74, 6) is 0.357. The van der Waals surface area contributed by atoms with Gasteiger partial charge in [0.25, 0.3) is 0 Å². The van der Waals surface area contributed by atoms with Crippen molar-refractivity contribution in [2.24, 2.45) is 5.41 Å². The molecular weight excluding hydrogens is 343 g/mol. The first-order valence-electron chi connectivity index (χ1n) is 9.39. The lowest BCUT2D eigenvalue weighted by atomic mass is 9.80. The Morgan fingerprint density at radius 2 is 1.70 bits per heavy atom. The van der Waals surface area contributed by atoms with E-state index in [0.717, 1.165) is 17.5 Å². The standard InChI is InChI=1S/C23H31FO3/c1-7-16-8-10-18(19-15-17(26-6)9-11-21(19)24)20(14-16)22(23(2,3)4)27-13-12-25-5/h8-11,14-15,22H,7,12-13H2,1-6H3. The van der Waals surface area contributed by atoms with Crippen LogP contribution in [0.5, 0.6) is 5.75 Å². The van der Waals surface area contributed by atoms with Crippen LogP contribution in [-0.2, 0) is 15.9 Å². The summed E-state index contributed by atoms with van der Waals surface area (Å²) in [6, 6.07) is 11.0. The van der Waals surface area contributed by atoms with Crippen molar-refractivity contribution in [3.8, 4) is 16.9 Å². The first-order chi connectivity index (χ1) is 12.8. The molecule has 0 aliphatic heterocycles. The fourth-order valence-electron chi connectivity index (χ4n) is 3.19. The van der Waals surface area contributed by atoms with Gasteiger partial charge in [-0.3, -0.25) is 0 Å². The summed E-state index contributed by atoms with van der Waals surface area (Å²) < 4.78 is 31.4. The lowest BCUT2D eigenvalue weighted by molar-refractivity contribution is -0.0390. The predicted molar refractivity (Wildman–Crippen MR) is 108 cm³/mol. The van der Waals surface area contributed by atoms with Crippen LogP contribution in [0.3, 0.4) is 0 Å². The highest BCUT2D eigenvalue weighted by atomic mass is 19.1. The molecule has 0 amide bonds. The second-order valence-electron chi connectivity index (χ2n) is 7.73.